The summed E-state index contributed by atoms with van der Waals surface area (Å²) in [5, 5.41) is 5.31. The summed E-state index contributed by atoms with van der Waals surface area (Å²) in [7, 11) is 0. The molecule has 1 fully saturated rings. The van der Waals surface area contributed by atoms with Gasteiger partial charge in [0.05, 0.1) is 5.69 Å². The first kappa shape index (κ1) is 96.9. The van der Waals surface area contributed by atoms with Crippen LogP contribution in [0.4, 0.5) is 5.69 Å². The summed E-state index contributed by atoms with van der Waals surface area (Å²) < 4.78 is 5.62. The van der Waals surface area contributed by atoms with Gasteiger partial charge < -0.3 is 4.42 Å². The highest BCUT2D eigenvalue weighted by molar-refractivity contribution is 5.84. The minimum Gasteiger partial charge on any atom is -0.440 e. The first-order valence-electron chi connectivity index (χ1n) is 45.9. The number of allylic oxidation sites excluding steroid dienone is 4. The lowest BCUT2D eigenvalue weighted by molar-refractivity contribution is 0.0738. The van der Waals surface area contributed by atoms with Crippen molar-refractivity contribution in [3.63, 3.8) is 0 Å². The molecule has 2 aliphatic heterocycles. The van der Waals surface area contributed by atoms with E-state index in [1.54, 1.807) is 33.4 Å². The van der Waals surface area contributed by atoms with Crippen molar-refractivity contribution in [2.24, 2.45) is 28.2 Å². The molecule has 7 aliphatic rings. The molecule has 0 amide bonds. The summed E-state index contributed by atoms with van der Waals surface area (Å²) in [6.45, 7) is 63.5. The van der Waals surface area contributed by atoms with E-state index >= 15 is 0 Å². The number of para-hydroxylation sites is 2. The fourth-order valence-corrected chi connectivity index (χ4v) is 16.7. The van der Waals surface area contributed by atoms with Crippen LogP contribution < -0.4 is 0 Å². The van der Waals surface area contributed by atoms with E-state index in [-0.39, 0.29) is 34.5 Å². The van der Waals surface area contributed by atoms with Gasteiger partial charge >= 0.3 is 0 Å². The Hall–Kier alpha value is -8.96. The largest absolute Gasteiger partial charge is 0.440 e. The average molecular weight is 1630 g/mol. The fourth-order valence-electron chi connectivity index (χ4n) is 16.7. The molecule has 10 aromatic carbocycles. The Morgan fingerprint density at radius 3 is 1.25 bits per heavy atom. The van der Waals surface area contributed by atoms with Crippen LogP contribution in [0.2, 0.25) is 0 Å². The maximum Gasteiger partial charge on any atom is 0.200 e. The number of oxazole rings is 1. The monoisotopic (exact) mass is 1630 g/mol. The summed E-state index contributed by atoms with van der Waals surface area (Å²) >= 11 is 0. The highest BCUT2D eigenvalue weighted by Crippen LogP contribution is 2.40. The van der Waals surface area contributed by atoms with Crippen molar-refractivity contribution in [1.29, 1.82) is 0 Å². The summed E-state index contributed by atoms with van der Waals surface area (Å²) in [6.07, 6.45) is 30.8. The third kappa shape index (κ3) is 27.8. The summed E-state index contributed by atoms with van der Waals surface area (Å²) in [5.41, 5.74) is 27.7. The molecule has 0 bridgehead atoms. The quantitative estimate of drug-likeness (QED) is 0.152. The number of hydrogen-bond acceptors (Lipinski definition) is 4. The number of aromatic nitrogens is 1. The Kier molecular flexibility index (Phi) is 32.4. The molecular formula is C118H157N3O. The van der Waals surface area contributed by atoms with Gasteiger partial charge in [-0.15, -0.1) is 0 Å². The number of fused-ring (bicyclic) bond motifs is 9. The Morgan fingerprint density at radius 1 is 0.352 bits per heavy atom. The molecule has 0 spiro atoms. The lowest BCUT2D eigenvalue weighted by Gasteiger charge is -2.44. The number of piperidine rings is 1. The first-order valence-corrected chi connectivity index (χ1v) is 45.9. The third-order valence-electron chi connectivity index (χ3n) is 25.2. The van der Waals surface area contributed by atoms with E-state index in [9.17, 15) is 0 Å². The molecule has 4 heteroatoms. The Balaban J connectivity index is 0.000000156. The van der Waals surface area contributed by atoms with Gasteiger partial charge in [-0.2, -0.15) is 0 Å². The smallest absolute Gasteiger partial charge is 0.200 e. The van der Waals surface area contributed by atoms with Crippen LogP contribution in [0.3, 0.4) is 0 Å². The molecule has 1 saturated heterocycles. The molecule has 122 heavy (non-hydrogen) atoms. The third-order valence-corrected chi connectivity index (χ3v) is 25.2. The van der Waals surface area contributed by atoms with Gasteiger partial charge in [0.1, 0.15) is 5.52 Å². The second kappa shape index (κ2) is 40.8. The topological polar surface area (TPSA) is 41.6 Å². The molecule has 2 atom stereocenters. The molecule has 0 radical (unpaired) electrons. The summed E-state index contributed by atoms with van der Waals surface area (Å²) in [4.78, 5) is 11.3. The zero-order chi connectivity index (χ0) is 88.1. The van der Waals surface area contributed by atoms with Crippen LogP contribution in [-0.4, -0.2) is 34.7 Å². The number of rotatable bonds is 0. The molecule has 11 aromatic rings. The normalized spacial score (nSPS) is 16.4. The van der Waals surface area contributed by atoms with Crippen LogP contribution >= 0.6 is 0 Å². The molecule has 18 rings (SSSR count). The van der Waals surface area contributed by atoms with Crippen molar-refractivity contribution in [3.8, 4) is 0 Å². The first-order chi connectivity index (χ1) is 56.6. The molecule has 650 valence electrons. The molecule has 5 aliphatic carbocycles. The fraction of sp³-hybridized carbons (Fsp3) is 0.458. The summed E-state index contributed by atoms with van der Waals surface area (Å²) in [6, 6.07) is 74.6. The maximum atomic E-state index is 5.62. The van der Waals surface area contributed by atoms with Crippen LogP contribution in [0.5, 0.6) is 0 Å². The van der Waals surface area contributed by atoms with Crippen molar-refractivity contribution in [2.45, 2.75) is 315 Å². The lowest BCUT2D eigenvalue weighted by Crippen LogP contribution is -2.49. The Labute approximate surface area is 742 Å². The molecule has 0 saturated carbocycles. The van der Waals surface area contributed by atoms with E-state index in [1.807, 2.05) is 30.5 Å². The number of aryl methyl sites for hydroxylation is 4. The molecule has 4 nitrogen and oxygen atoms in total. The number of aliphatic imine (C=N–C) groups is 1. The van der Waals surface area contributed by atoms with Gasteiger partial charge in [-0.05, 0) is 277 Å². The molecule has 3 heterocycles. The van der Waals surface area contributed by atoms with E-state index in [0.717, 1.165) is 53.3 Å². The highest BCUT2D eigenvalue weighted by atomic mass is 16.3. The van der Waals surface area contributed by atoms with Gasteiger partial charge in [-0.3, -0.25) is 9.89 Å². The van der Waals surface area contributed by atoms with E-state index in [0.29, 0.717) is 21.8 Å². The van der Waals surface area contributed by atoms with E-state index in [2.05, 4.69) is 420 Å². The second-order valence-electron chi connectivity index (χ2n) is 44.5. The zero-order valence-electron chi connectivity index (χ0n) is 80.1. The maximum absolute atomic E-state index is 5.62. The van der Waals surface area contributed by atoms with E-state index in [4.69, 9.17) is 4.42 Å². The van der Waals surface area contributed by atoms with E-state index in [1.165, 1.54) is 149 Å². The number of nitrogens with zero attached hydrogens (tertiary/aromatic N) is 3. The van der Waals surface area contributed by atoms with Crippen molar-refractivity contribution >= 4 is 50.6 Å². The van der Waals surface area contributed by atoms with Gasteiger partial charge in [-0.1, -0.05) is 398 Å². The summed E-state index contributed by atoms with van der Waals surface area (Å²) in [5.74, 6) is 3.20. The van der Waals surface area contributed by atoms with E-state index < -0.39 is 0 Å². The van der Waals surface area contributed by atoms with Gasteiger partial charge in [0, 0.05) is 30.1 Å². The van der Waals surface area contributed by atoms with Crippen LogP contribution in [0.25, 0.3) is 38.7 Å². The van der Waals surface area contributed by atoms with Crippen LogP contribution in [0.1, 0.15) is 309 Å². The number of likely N-dealkylation sites (tertiary alicyclic amines) is 1. The molecule has 2 unspecified atom stereocenters. The van der Waals surface area contributed by atoms with Gasteiger partial charge in [0.2, 0.25) is 5.89 Å². The Morgan fingerprint density at radius 2 is 0.762 bits per heavy atom. The standard InChI is InChI=1S/C14H20.2C14H16.C13H21N.C13H18.C13H16.C13H18.C12H15N.C11H13NO.CH4/c3*1-14(2,3)13-9-8-11-6-4-5-7-12(11)10-13;1-13(2,3)14-9-8-11-6-4-5-7-12(11)10-14;2*1-13(2,3)12-8-7-10-5-4-6-11(10)9-12;1-13(2,3)12-8-10-6-4-5-7-11(10)9-12;1-12(2,3)10-4-5-11-9(8-10)6-7-13-11;1-11(2,3)10-12-8-6-4-5-7-9(8)13-10;/h8-10H,4-7H2,1-3H3;2*4-10H,1-3H3;4-7,11-12H,8-10H2,1-3H3;7-9H,4-6H2,1-3H3;4-5,7-9H,6H2,1-3H3;4-7,12H,8-9H2,1-3H3;4-5,7-8H,6H2,1-3H3;4-7H,1-3H3;1H4. The molecule has 1 aromatic heterocycles. The van der Waals surface area contributed by atoms with Crippen molar-refractivity contribution in [2.75, 3.05) is 13.1 Å². The van der Waals surface area contributed by atoms with Crippen LogP contribution in [0, 0.1) is 23.2 Å². The van der Waals surface area contributed by atoms with Crippen molar-refractivity contribution in [1.82, 2.24) is 9.88 Å². The number of benzene rings is 10. The van der Waals surface area contributed by atoms with Gasteiger partial charge in [0.25, 0.3) is 0 Å². The molecular weight excluding hydrogens is 1480 g/mol. The van der Waals surface area contributed by atoms with Crippen LogP contribution in [-0.2, 0) is 89.3 Å². The average Bonchev–Trinajstić information content (AvgIpc) is 1.76. The highest BCUT2D eigenvalue weighted by Gasteiger charge is 2.33. The number of hydrogen-bond donors (Lipinski definition) is 0. The Bertz CT molecular complexity index is 5090. The van der Waals surface area contributed by atoms with Crippen LogP contribution in [0.15, 0.2) is 246 Å². The van der Waals surface area contributed by atoms with Crippen molar-refractivity contribution < 1.29 is 4.42 Å². The van der Waals surface area contributed by atoms with Gasteiger partial charge in [-0.25, -0.2) is 4.98 Å². The lowest BCUT2D eigenvalue weighted by atomic mass is 9.79. The molecule has 0 N–H and O–H groups in total. The predicted octanol–water partition coefficient (Wildman–Crippen LogP) is 32.5. The second-order valence-corrected chi connectivity index (χ2v) is 44.5. The minimum absolute atomic E-state index is 0. The van der Waals surface area contributed by atoms with Crippen molar-refractivity contribution in [3.05, 3.63) is 326 Å². The predicted molar refractivity (Wildman–Crippen MR) is 537 cm³/mol. The van der Waals surface area contributed by atoms with Gasteiger partial charge in [0.15, 0.2) is 5.58 Å². The SMILES string of the molecule is C.CC(C)(C)C1Cc2ccccc2C1.CC(C)(C)N1CCC2C=CC=CC2C1.CC(C)(C)c1ccc2c(c1)CC=C2.CC(C)(C)c1ccc2c(c1)CC=N2.CC(C)(C)c1ccc2c(c1)CCC2.CC(C)(C)c1ccc2c(c1)CCCC2.CC(C)(C)c1ccc2ccccc2c1.CC(C)(C)c1ccc2ccccc2c1.CC(C)(C)c1nc2ccccc2o1. The minimum atomic E-state index is -0.0149. The zero-order valence-corrected chi connectivity index (χ0v) is 80.1.